The molecule has 0 aliphatic heterocycles. The summed E-state index contributed by atoms with van der Waals surface area (Å²) in [5, 5.41) is 8.58. The molecule has 0 aliphatic rings. The normalized spacial score (nSPS) is 9.31. The number of aliphatic hydroxyl groups excluding tert-OH is 1. The van der Waals surface area contributed by atoms with Gasteiger partial charge in [0.1, 0.15) is 6.61 Å². The van der Waals surface area contributed by atoms with E-state index in [1.807, 2.05) is 13.8 Å². The topological polar surface area (TPSA) is 99.1 Å². The lowest BCUT2D eigenvalue weighted by molar-refractivity contribution is 0.0398. The quantitative estimate of drug-likeness (QED) is 0.758. The van der Waals surface area contributed by atoms with Crippen molar-refractivity contribution in [2.75, 3.05) is 19.8 Å². The zero-order valence-electron chi connectivity index (χ0n) is 16.0. The molecule has 2 aromatic heterocycles. The van der Waals surface area contributed by atoms with Crippen LogP contribution in [0, 0.1) is 0 Å². The molecule has 0 bridgehead atoms. The minimum absolute atomic E-state index is 0.0208. The number of hydrogen-bond donors (Lipinski definition) is 1. The van der Waals surface area contributed by atoms with E-state index in [2.05, 4.69) is 13.8 Å². The van der Waals surface area contributed by atoms with Gasteiger partial charge in [0.15, 0.2) is 11.5 Å². The third-order valence-corrected chi connectivity index (χ3v) is 2.46. The fourth-order valence-electron chi connectivity index (χ4n) is 1.57. The molecule has 2 rings (SSSR count). The van der Waals surface area contributed by atoms with Crippen molar-refractivity contribution < 1.29 is 33.0 Å². The molecule has 0 radical (unpaired) electrons. The van der Waals surface area contributed by atoms with Crippen molar-refractivity contribution in [2.24, 2.45) is 0 Å². The highest BCUT2D eigenvalue weighted by atomic mass is 16.6. The van der Waals surface area contributed by atoms with Gasteiger partial charge in [-0.25, -0.2) is 9.59 Å². The molecule has 0 aromatic carbocycles. The summed E-state index contributed by atoms with van der Waals surface area (Å²) in [6, 6.07) is 5.93. The van der Waals surface area contributed by atoms with Gasteiger partial charge in [-0.2, -0.15) is 0 Å². The van der Waals surface area contributed by atoms with E-state index < -0.39 is 11.9 Å². The van der Waals surface area contributed by atoms with Gasteiger partial charge in [0, 0.05) is 0 Å². The van der Waals surface area contributed by atoms with Crippen LogP contribution in [0.1, 0.15) is 62.1 Å². The van der Waals surface area contributed by atoms with E-state index in [1.165, 1.54) is 30.7 Å². The van der Waals surface area contributed by atoms with E-state index in [1.54, 1.807) is 6.92 Å². The molecule has 0 aliphatic carbocycles. The highest BCUT2D eigenvalue weighted by Crippen LogP contribution is 2.25. The van der Waals surface area contributed by atoms with E-state index in [4.69, 9.17) is 23.4 Å². The van der Waals surface area contributed by atoms with Crippen molar-refractivity contribution in [3.05, 3.63) is 35.8 Å². The van der Waals surface area contributed by atoms with E-state index in [0.717, 1.165) is 0 Å². The third-order valence-electron chi connectivity index (χ3n) is 2.46. The van der Waals surface area contributed by atoms with Crippen LogP contribution in [0.15, 0.2) is 33.1 Å². The fourth-order valence-corrected chi connectivity index (χ4v) is 1.57. The van der Waals surface area contributed by atoms with Gasteiger partial charge in [-0.15, -0.1) is 0 Å². The van der Waals surface area contributed by atoms with Gasteiger partial charge in [0.2, 0.25) is 11.5 Å². The Hall–Kier alpha value is -2.54. The third kappa shape index (κ3) is 7.57. The molecule has 7 nitrogen and oxygen atoms in total. The van der Waals surface area contributed by atoms with Gasteiger partial charge < -0.3 is 23.4 Å². The summed E-state index contributed by atoms with van der Waals surface area (Å²) in [4.78, 5) is 23.0. The number of carbonyl (C=O) groups excluding carboxylic acids is 2. The van der Waals surface area contributed by atoms with Crippen LogP contribution in [-0.4, -0.2) is 36.9 Å². The molecule has 1 N–H and O–H groups in total. The fraction of sp³-hybridized carbons (Fsp3) is 0.474. The maximum Gasteiger partial charge on any atom is 0.374 e. The number of carbonyl (C=O) groups is 2. The number of esters is 2. The van der Waals surface area contributed by atoms with E-state index in [-0.39, 0.29) is 37.1 Å². The Labute approximate surface area is 153 Å². The molecule has 0 fully saturated rings. The minimum atomic E-state index is -0.688. The summed E-state index contributed by atoms with van der Waals surface area (Å²) in [6.45, 7) is 9.82. The van der Waals surface area contributed by atoms with Crippen LogP contribution in [0.25, 0.3) is 11.5 Å². The van der Waals surface area contributed by atoms with Crippen LogP contribution < -0.4 is 0 Å². The summed E-state index contributed by atoms with van der Waals surface area (Å²) in [7, 11) is 0. The summed E-state index contributed by atoms with van der Waals surface area (Å²) in [6.07, 6.45) is 1.25. The second-order valence-electron chi connectivity index (χ2n) is 4.61. The summed E-state index contributed by atoms with van der Waals surface area (Å²) in [5.41, 5.74) is 0. The highest BCUT2D eigenvalue weighted by Gasteiger charge is 2.17. The molecule has 2 aromatic rings. The Morgan fingerprint density at radius 3 is 1.69 bits per heavy atom. The Balaban J connectivity index is 0.00000113. The Bertz CT molecular complexity index is 640. The van der Waals surface area contributed by atoms with Crippen molar-refractivity contribution in [1.29, 1.82) is 0 Å². The van der Waals surface area contributed by atoms with Crippen molar-refractivity contribution >= 4 is 11.9 Å². The van der Waals surface area contributed by atoms with Crippen LogP contribution in [0.2, 0.25) is 0 Å². The van der Waals surface area contributed by atoms with E-state index >= 15 is 0 Å². The predicted molar refractivity (Wildman–Crippen MR) is 97.0 cm³/mol. The van der Waals surface area contributed by atoms with Gasteiger partial charge in [-0.3, -0.25) is 0 Å². The smallest absolute Gasteiger partial charge is 0.374 e. The first-order valence-corrected chi connectivity index (χ1v) is 8.72. The number of ether oxygens (including phenoxy) is 2. The van der Waals surface area contributed by atoms with Crippen LogP contribution in [0.5, 0.6) is 0 Å². The van der Waals surface area contributed by atoms with Crippen LogP contribution in [-0.2, 0) is 9.47 Å². The zero-order chi connectivity index (χ0) is 19.9. The number of hydrogen-bond acceptors (Lipinski definition) is 7. The molecule has 0 spiro atoms. The Kier molecular flexibility index (Phi) is 12.4. The van der Waals surface area contributed by atoms with Crippen molar-refractivity contribution in [1.82, 2.24) is 0 Å². The van der Waals surface area contributed by atoms with Crippen LogP contribution in [0.4, 0.5) is 0 Å². The zero-order valence-corrected chi connectivity index (χ0v) is 16.0. The molecule has 2 heterocycles. The molecule has 0 amide bonds. The van der Waals surface area contributed by atoms with Crippen LogP contribution in [0.3, 0.4) is 0 Å². The molecule has 7 heteroatoms. The first-order chi connectivity index (χ1) is 12.6. The maximum absolute atomic E-state index is 11.5. The first-order valence-electron chi connectivity index (χ1n) is 8.72. The van der Waals surface area contributed by atoms with Crippen molar-refractivity contribution in [3.63, 3.8) is 0 Å². The van der Waals surface area contributed by atoms with Gasteiger partial charge in [0.05, 0.1) is 13.2 Å². The molecule has 0 atom stereocenters. The van der Waals surface area contributed by atoms with Gasteiger partial charge in [-0.05, 0) is 31.2 Å². The molecule has 26 heavy (non-hydrogen) atoms. The van der Waals surface area contributed by atoms with E-state index in [9.17, 15) is 9.59 Å². The van der Waals surface area contributed by atoms with Crippen molar-refractivity contribution in [2.45, 2.75) is 41.0 Å². The molecular formula is C19H28O7. The predicted octanol–water partition coefficient (Wildman–Crippen LogP) is 4.31. The highest BCUT2D eigenvalue weighted by molar-refractivity contribution is 5.88. The SMILES string of the molecule is CC.CCC.CCOC(=O)c1ccc(-c2ccc(C(=O)OCCO)o2)o1. The Morgan fingerprint density at radius 1 is 0.885 bits per heavy atom. The largest absolute Gasteiger partial charge is 0.460 e. The summed E-state index contributed by atoms with van der Waals surface area (Å²) >= 11 is 0. The number of rotatable bonds is 6. The molecule has 0 saturated carbocycles. The molecule has 0 unspecified atom stereocenters. The van der Waals surface area contributed by atoms with E-state index in [0.29, 0.717) is 5.76 Å². The second kappa shape index (κ2) is 13.7. The summed E-state index contributed by atoms with van der Waals surface area (Å²) in [5.74, 6) is -0.661. The number of aliphatic hydroxyl groups is 1. The molecular weight excluding hydrogens is 340 g/mol. The maximum atomic E-state index is 11.5. The van der Waals surface area contributed by atoms with Gasteiger partial charge >= 0.3 is 11.9 Å². The summed E-state index contributed by atoms with van der Waals surface area (Å²) < 4.78 is 20.1. The Morgan fingerprint density at radius 2 is 1.31 bits per heavy atom. The standard InChI is InChI=1S/C14H14O7.C3H8.C2H6/c1-2-18-13(16)11-5-3-9(20-11)10-4-6-12(21-10)14(17)19-8-7-15;1-3-2;1-2/h3-6,15H,2,7-8H2,1H3;3H2,1-2H3;1-2H3. The lowest BCUT2D eigenvalue weighted by Crippen LogP contribution is -2.07. The molecule has 146 valence electrons. The minimum Gasteiger partial charge on any atom is -0.460 e. The monoisotopic (exact) mass is 368 g/mol. The molecule has 0 saturated heterocycles. The van der Waals surface area contributed by atoms with Gasteiger partial charge in [-0.1, -0.05) is 34.1 Å². The average Bonchev–Trinajstić information content (AvgIpc) is 3.31. The van der Waals surface area contributed by atoms with Gasteiger partial charge in [0.25, 0.3) is 0 Å². The number of furan rings is 2. The second-order valence-corrected chi connectivity index (χ2v) is 4.61. The van der Waals surface area contributed by atoms with Crippen LogP contribution >= 0.6 is 0 Å². The average molecular weight is 368 g/mol. The van der Waals surface area contributed by atoms with Crippen molar-refractivity contribution in [3.8, 4) is 11.5 Å². The lowest BCUT2D eigenvalue weighted by Gasteiger charge is -1.98. The first kappa shape index (κ1) is 23.5. The lowest BCUT2D eigenvalue weighted by atomic mass is 10.3.